The molecule has 13 heavy (non-hydrogen) atoms. The Labute approximate surface area is 72.1 Å². The van der Waals surface area contributed by atoms with Crippen molar-refractivity contribution in [2.45, 2.75) is 18.9 Å². The van der Waals surface area contributed by atoms with Gasteiger partial charge in [-0.3, -0.25) is 4.74 Å². The molecule has 0 spiro atoms. The highest BCUT2D eigenvalue weighted by atomic mass is 19.3. The van der Waals surface area contributed by atoms with E-state index in [2.05, 4.69) is 9.47 Å². The molecule has 0 bridgehead atoms. The first-order chi connectivity index (χ1) is 5.90. The van der Waals surface area contributed by atoms with Crippen molar-refractivity contribution in [1.29, 1.82) is 0 Å². The van der Waals surface area contributed by atoms with Crippen LogP contribution in [0.25, 0.3) is 0 Å². The highest BCUT2D eigenvalue weighted by molar-refractivity contribution is 5.80. The Hall–Kier alpha value is -1.04. The molecule has 6 heteroatoms. The van der Waals surface area contributed by atoms with E-state index in [0.29, 0.717) is 6.08 Å². The molecule has 0 aromatic rings. The summed E-state index contributed by atoms with van der Waals surface area (Å²) in [6, 6.07) is 0. The predicted molar refractivity (Wildman–Crippen MR) is 35.6 cm³/mol. The van der Waals surface area contributed by atoms with Gasteiger partial charge < -0.3 is 4.74 Å². The number of carbonyl (C=O) groups excluding carboxylic acids is 1. The lowest BCUT2D eigenvalue weighted by Crippen LogP contribution is -2.37. The van der Waals surface area contributed by atoms with E-state index in [-0.39, 0.29) is 12.7 Å². The van der Waals surface area contributed by atoms with Crippen molar-refractivity contribution in [3.63, 3.8) is 0 Å². The SMILES string of the molecule is CCOC(=O)[C@@]1(F)C=CC(F)(F)O1. The Balaban J connectivity index is 2.71. The van der Waals surface area contributed by atoms with E-state index in [1.165, 1.54) is 6.92 Å². The second-order valence-corrected chi connectivity index (χ2v) is 2.36. The lowest BCUT2D eigenvalue weighted by atomic mass is 10.3. The van der Waals surface area contributed by atoms with Crippen LogP contribution in [0.4, 0.5) is 13.2 Å². The van der Waals surface area contributed by atoms with Crippen molar-refractivity contribution in [3.05, 3.63) is 12.2 Å². The zero-order chi connectivity index (χ0) is 10.1. The van der Waals surface area contributed by atoms with Gasteiger partial charge in [-0.2, -0.15) is 13.2 Å². The van der Waals surface area contributed by atoms with Crippen molar-refractivity contribution in [3.8, 4) is 0 Å². The van der Waals surface area contributed by atoms with Gasteiger partial charge in [0.2, 0.25) is 0 Å². The van der Waals surface area contributed by atoms with Crippen LogP contribution >= 0.6 is 0 Å². The number of alkyl halides is 3. The van der Waals surface area contributed by atoms with Crippen LogP contribution in [0.1, 0.15) is 6.92 Å². The molecule has 1 atom stereocenters. The first-order valence-corrected chi connectivity index (χ1v) is 3.54. The van der Waals surface area contributed by atoms with Crippen molar-refractivity contribution in [2.75, 3.05) is 6.61 Å². The van der Waals surface area contributed by atoms with Gasteiger partial charge in [-0.25, -0.2) is 4.79 Å². The molecular formula is C7H7F3O3. The molecule has 0 saturated carbocycles. The highest BCUT2D eigenvalue weighted by Gasteiger charge is 2.52. The van der Waals surface area contributed by atoms with Crippen LogP contribution < -0.4 is 0 Å². The van der Waals surface area contributed by atoms with Crippen LogP contribution in [-0.2, 0) is 14.3 Å². The van der Waals surface area contributed by atoms with Crippen molar-refractivity contribution in [1.82, 2.24) is 0 Å². The fourth-order valence-corrected chi connectivity index (χ4v) is 0.809. The summed E-state index contributed by atoms with van der Waals surface area (Å²) in [5.41, 5.74) is 0. The van der Waals surface area contributed by atoms with E-state index >= 15 is 0 Å². The highest BCUT2D eigenvalue weighted by Crippen LogP contribution is 2.35. The Morgan fingerprint density at radius 3 is 2.46 bits per heavy atom. The largest absolute Gasteiger partial charge is 0.462 e. The van der Waals surface area contributed by atoms with E-state index in [0.717, 1.165) is 0 Å². The quantitative estimate of drug-likeness (QED) is 0.494. The van der Waals surface area contributed by atoms with Gasteiger partial charge in [0.05, 0.1) is 6.61 Å². The first-order valence-electron chi connectivity index (χ1n) is 3.54. The average molecular weight is 196 g/mol. The smallest absolute Gasteiger partial charge is 0.379 e. The second-order valence-electron chi connectivity index (χ2n) is 2.36. The molecule has 0 unspecified atom stereocenters. The minimum absolute atomic E-state index is 0.104. The molecule has 0 aromatic carbocycles. The molecule has 0 amide bonds. The molecular weight excluding hydrogens is 189 g/mol. The summed E-state index contributed by atoms with van der Waals surface area (Å²) in [5, 5.41) is 0. The number of hydrogen-bond acceptors (Lipinski definition) is 3. The number of rotatable bonds is 2. The van der Waals surface area contributed by atoms with E-state index in [9.17, 15) is 18.0 Å². The Morgan fingerprint density at radius 1 is 1.46 bits per heavy atom. The number of carbonyl (C=O) groups is 1. The minimum atomic E-state index is -3.75. The van der Waals surface area contributed by atoms with Crippen LogP contribution in [0.3, 0.4) is 0 Å². The molecule has 74 valence electrons. The molecule has 1 aliphatic rings. The molecule has 0 aliphatic carbocycles. The van der Waals surface area contributed by atoms with E-state index < -0.39 is 17.9 Å². The summed E-state index contributed by atoms with van der Waals surface area (Å²) in [6.45, 7) is 1.32. The summed E-state index contributed by atoms with van der Waals surface area (Å²) in [7, 11) is 0. The maximum Gasteiger partial charge on any atom is 0.379 e. The van der Waals surface area contributed by atoms with Gasteiger partial charge in [-0.05, 0) is 13.0 Å². The predicted octanol–water partition coefficient (Wildman–Crippen LogP) is 1.39. The normalized spacial score (nSPS) is 30.5. The summed E-state index contributed by atoms with van der Waals surface area (Å²) < 4.78 is 45.5. The third-order valence-corrected chi connectivity index (χ3v) is 1.33. The van der Waals surface area contributed by atoms with Crippen molar-refractivity contribution >= 4 is 5.97 Å². The Bertz CT molecular complexity index is 251. The Morgan fingerprint density at radius 2 is 2.08 bits per heavy atom. The molecule has 0 N–H and O–H groups in total. The summed E-state index contributed by atoms with van der Waals surface area (Å²) in [5.74, 6) is -4.62. The third-order valence-electron chi connectivity index (χ3n) is 1.33. The summed E-state index contributed by atoms with van der Waals surface area (Å²) in [4.78, 5) is 10.7. The third kappa shape index (κ3) is 2.00. The lowest BCUT2D eigenvalue weighted by Gasteiger charge is -2.17. The Kier molecular flexibility index (Phi) is 2.34. The summed E-state index contributed by atoms with van der Waals surface area (Å²) >= 11 is 0. The van der Waals surface area contributed by atoms with Gasteiger partial charge >= 0.3 is 17.9 Å². The molecule has 0 radical (unpaired) electrons. The van der Waals surface area contributed by atoms with Gasteiger partial charge in [-0.1, -0.05) is 0 Å². The van der Waals surface area contributed by atoms with Gasteiger partial charge in [0.15, 0.2) is 0 Å². The van der Waals surface area contributed by atoms with Crippen molar-refractivity contribution < 1.29 is 27.4 Å². The molecule has 0 fully saturated rings. The molecule has 1 rings (SSSR count). The number of halogens is 3. The molecule has 0 aromatic heterocycles. The second kappa shape index (κ2) is 3.02. The van der Waals surface area contributed by atoms with Gasteiger partial charge in [0.25, 0.3) is 0 Å². The molecule has 3 nitrogen and oxygen atoms in total. The van der Waals surface area contributed by atoms with Gasteiger partial charge in [0.1, 0.15) is 0 Å². The molecule has 1 heterocycles. The van der Waals surface area contributed by atoms with Crippen LogP contribution in [0.5, 0.6) is 0 Å². The fourth-order valence-electron chi connectivity index (χ4n) is 0.809. The average Bonchev–Trinajstić information content (AvgIpc) is 2.28. The summed E-state index contributed by atoms with van der Waals surface area (Å²) in [6.07, 6.45) is -3.24. The zero-order valence-corrected chi connectivity index (χ0v) is 6.72. The number of esters is 1. The van der Waals surface area contributed by atoms with Crippen molar-refractivity contribution in [2.24, 2.45) is 0 Å². The lowest BCUT2D eigenvalue weighted by molar-refractivity contribution is -0.272. The maximum absolute atomic E-state index is 13.1. The first kappa shape index (κ1) is 10.0. The monoisotopic (exact) mass is 196 g/mol. The van der Waals surface area contributed by atoms with Crippen LogP contribution in [-0.4, -0.2) is 24.5 Å². The van der Waals surface area contributed by atoms with E-state index in [4.69, 9.17) is 0 Å². The van der Waals surface area contributed by atoms with Crippen LogP contribution in [0, 0.1) is 0 Å². The van der Waals surface area contributed by atoms with Crippen LogP contribution in [0.2, 0.25) is 0 Å². The fraction of sp³-hybridized carbons (Fsp3) is 0.571. The standard InChI is InChI=1S/C7H7F3O3/c1-2-12-5(11)6(8)3-4-7(9,10)13-6/h3-4H,2H2,1H3/t6-/m1/s1. The zero-order valence-electron chi connectivity index (χ0n) is 6.72. The topological polar surface area (TPSA) is 35.5 Å². The molecule has 1 aliphatic heterocycles. The van der Waals surface area contributed by atoms with Crippen LogP contribution in [0.15, 0.2) is 12.2 Å². The van der Waals surface area contributed by atoms with E-state index in [1.54, 1.807) is 0 Å². The minimum Gasteiger partial charge on any atom is -0.462 e. The van der Waals surface area contributed by atoms with Gasteiger partial charge in [0, 0.05) is 6.08 Å². The molecule has 0 saturated heterocycles. The maximum atomic E-state index is 13.1. The number of ether oxygens (including phenoxy) is 2. The number of hydrogen-bond donors (Lipinski definition) is 0. The van der Waals surface area contributed by atoms with Gasteiger partial charge in [-0.15, -0.1) is 0 Å². The van der Waals surface area contributed by atoms with E-state index in [1.807, 2.05) is 0 Å².